The molecular weight excluding hydrogens is 374 g/mol. The Hall–Kier alpha value is -2.90. The maximum atomic E-state index is 13.0. The fraction of sp³-hybridized carbons (Fsp3) is 0.524. The highest BCUT2D eigenvalue weighted by atomic mass is 16.5. The molecule has 156 valence electrons. The molecule has 0 saturated carbocycles. The summed E-state index contributed by atoms with van der Waals surface area (Å²) in [5.41, 5.74) is 0.897. The number of hydrogen-bond donors (Lipinski definition) is 1. The van der Waals surface area contributed by atoms with Gasteiger partial charge in [0.2, 0.25) is 17.7 Å². The van der Waals surface area contributed by atoms with Crippen LogP contribution in [-0.4, -0.2) is 66.3 Å². The summed E-state index contributed by atoms with van der Waals surface area (Å²) in [6.45, 7) is 2.27. The second-order valence-electron chi connectivity index (χ2n) is 7.54. The summed E-state index contributed by atoms with van der Waals surface area (Å²) in [7, 11) is 1.36. The van der Waals surface area contributed by atoms with Gasteiger partial charge in [0.05, 0.1) is 31.7 Å². The van der Waals surface area contributed by atoms with Crippen LogP contribution in [0.1, 0.15) is 37.8 Å². The van der Waals surface area contributed by atoms with Crippen LogP contribution in [0.2, 0.25) is 0 Å². The fourth-order valence-electron chi connectivity index (χ4n) is 4.31. The van der Waals surface area contributed by atoms with Crippen LogP contribution in [0.4, 0.5) is 0 Å². The van der Waals surface area contributed by atoms with Gasteiger partial charge in [0.15, 0.2) is 0 Å². The lowest BCUT2D eigenvalue weighted by Crippen LogP contribution is -2.55. The highest BCUT2D eigenvalue weighted by Crippen LogP contribution is 2.43. The monoisotopic (exact) mass is 401 g/mol. The van der Waals surface area contributed by atoms with Crippen molar-refractivity contribution in [2.75, 3.05) is 26.7 Å². The molecular formula is C21H27N3O5. The molecule has 1 N–H and O–H groups in total. The summed E-state index contributed by atoms with van der Waals surface area (Å²) in [6.07, 6.45) is 1.26. The van der Waals surface area contributed by atoms with Crippen molar-refractivity contribution < 1.29 is 23.9 Å². The lowest BCUT2D eigenvalue weighted by molar-refractivity contribution is -0.151. The summed E-state index contributed by atoms with van der Waals surface area (Å²) in [5, 5.41) is 2.66. The molecule has 8 heteroatoms. The number of piperazine rings is 1. The van der Waals surface area contributed by atoms with Crippen molar-refractivity contribution in [2.24, 2.45) is 5.92 Å². The molecule has 2 aliphatic heterocycles. The molecule has 29 heavy (non-hydrogen) atoms. The van der Waals surface area contributed by atoms with E-state index in [9.17, 15) is 19.2 Å². The van der Waals surface area contributed by atoms with E-state index in [0.29, 0.717) is 25.9 Å². The summed E-state index contributed by atoms with van der Waals surface area (Å²) in [5.74, 6) is -1.19. The number of hydrogen-bond acceptors (Lipinski definition) is 5. The van der Waals surface area contributed by atoms with E-state index in [1.807, 2.05) is 30.3 Å². The van der Waals surface area contributed by atoms with Gasteiger partial charge in [0.25, 0.3) is 0 Å². The summed E-state index contributed by atoms with van der Waals surface area (Å²) < 4.78 is 4.99. The van der Waals surface area contributed by atoms with E-state index >= 15 is 0 Å². The van der Waals surface area contributed by atoms with Crippen LogP contribution < -0.4 is 5.32 Å². The molecule has 0 aromatic heterocycles. The first-order valence-corrected chi connectivity index (χ1v) is 9.88. The van der Waals surface area contributed by atoms with Crippen LogP contribution in [-0.2, 0) is 23.9 Å². The molecule has 2 heterocycles. The molecule has 0 bridgehead atoms. The number of carbonyl (C=O) groups excluding carboxylic acids is 4. The van der Waals surface area contributed by atoms with Gasteiger partial charge < -0.3 is 19.9 Å². The average molecular weight is 401 g/mol. The molecule has 2 fully saturated rings. The summed E-state index contributed by atoms with van der Waals surface area (Å²) in [4.78, 5) is 52.2. The topological polar surface area (TPSA) is 96.0 Å². The number of benzene rings is 1. The van der Waals surface area contributed by atoms with Crippen molar-refractivity contribution in [1.82, 2.24) is 15.1 Å². The number of carbonyl (C=O) groups is 4. The molecule has 1 aromatic carbocycles. The van der Waals surface area contributed by atoms with Crippen LogP contribution in [0.15, 0.2) is 30.3 Å². The van der Waals surface area contributed by atoms with Gasteiger partial charge in [0.1, 0.15) is 0 Å². The van der Waals surface area contributed by atoms with Crippen molar-refractivity contribution >= 4 is 23.7 Å². The van der Waals surface area contributed by atoms with E-state index < -0.39 is 5.92 Å². The fourth-order valence-corrected chi connectivity index (χ4v) is 4.31. The van der Waals surface area contributed by atoms with Gasteiger partial charge in [-0.15, -0.1) is 0 Å². The number of fused-ring (bicyclic) bond motifs is 1. The lowest BCUT2D eigenvalue weighted by Gasteiger charge is -2.40. The number of amides is 3. The minimum absolute atomic E-state index is 0.00664. The van der Waals surface area contributed by atoms with Gasteiger partial charge in [-0.05, 0) is 18.4 Å². The molecule has 3 atom stereocenters. The Morgan fingerprint density at radius 1 is 1.21 bits per heavy atom. The number of esters is 1. The van der Waals surface area contributed by atoms with Crippen molar-refractivity contribution in [3.05, 3.63) is 35.9 Å². The Labute approximate surface area is 170 Å². The predicted octanol–water partition coefficient (Wildman–Crippen LogP) is 0.876. The second kappa shape index (κ2) is 9.07. The van der Waals surface area contributed by atoms with Gasteiger partial charge in [-0.1, -0.05) is 30.3 Å². The molecule has 1 aromatic rings. The molecule has 8 nitrogen and oxygen atoms in total. The van der Waals surface area contributed by atoms with Gasteiger partial charge >= 0.3 is 5.97 Å². The minimum Gasteiger partial charge on any atom is -0.469 e. The molecule has 0 spiro atoms. The second-order valence-corrected chi connectivity index (χ2v) is 7.54. The standard InChI is InChI=1S/C21H27N3O5/c1-14(25)22-10-6-9-18(26)23-12-16-11-17(21(28)29-2)20(24(16)19(27)13-23)15-7-4-3-5-8-15/h3-5,7-8,16-17,20H,6,9-13H2,1-2H3,(H,22,25)/t16-,17-,20-/m0/s1. The first-order valence-electron chi connectivity index (χ1n) is 9.88. The Morgan fingerprint density at radius 3 is 2.59 bits per heavy atom. The third kappa shape index (κ3) is 4.58. The smallest absolute Gasteiger partial charge is 0.311 e. The number of methoxy groups -OCH3 is 1. The number of nitrogens with zero attached hydrogens (tertiary/aromatic N) is 2. The first kappa shape index (κ1) is 20.8. The van der Waals surface area contributed by atoms with E-state index in [4.69, 9.17) is 4.74 Å². The Bertz CT molecular complexity index is 782. The van der Waals surface area contributed by atoms with Crippen LogP contribution in [0.3, 0.4) is 0 Å². The Kier molecular flexibility index (Phi) is 6.51. The lowest BCUT2D eigenvalue weighted by atomic mass is 9.93. The van der Waals surface area contributed by atoms with Gasteiger partial charge in [0, 0.05) is 26.4 Å². The van der Waals surface area contributed by atoms with Gasteiger partial charge in [-0.2, -0.15) is 0 Å². The molecule has 0 aliphatic carbocycles. The molecule has 0 radical (unpaired) electrons. The van der Waals surface area contributed by atoms with Crippen LogP contribution in [0.25, 0.3) is 0 Å². The normalized spacial score (nSPS) is 23.5. The zero-order valence-electron chi connectivity index (χ0n) is 16.8. The van der Waals surface area contributed by atoms with E-state index in [1.54, 1.807) is 9.80 Å². The molecule has 3 amide bonds. The minimum atomic E-state index is -0.453. The quantitative estimate of drug-likeness (QED) is 0.564. The average Bonchev–Trinajstić information content (AvgIpc) is 3.11. The van der Waals surface area contributed by atoms with Crippen molar-refractivity contribution in [2.45, 2.75) is 38.3 Å². The Morgan fingerprint density at radius 2 is 1.93 bits per heavy atom. The molecule has 2 aliphatic rings. The highest BCUT2D eigenvalue weighted by molar-refractivity contribution is 5.88. The van der Waals surface area contributed by atoms with E-state index in [1.165, 1.54) is 14.0 Å². The Balaban J connectivity index is 1.72. The van der Waals surface area contributed by atoms with E-state index in [0.717, 1.165) is 5.56 Å². The molecule has 0 unspecified atom stereocenters. The third-order valence-electron chi connectivity index (χ3n) is 5.58. The maximum Gasteiger partial charge on any atom is 0.311 e. The number of ether oxygens (including phenoxy) is 1. The zero-order valence-corrected chi connectivity index (χ0v) is 16.8. The largest absolute Gasteiger partial charge is 0.469 e. The molecule has 2 saturated heterocycles. The molecule has 3 rings (SSSR count). The van der Waals surface area contributed by atoms with Gasteiger partial charge in [-0.3, -0.25) is 19.2 Å². The van der Waals surface area contributed by atoms with Crippen LogP contribution >= 0.6 is 0 Å². The number of rotatable bonds is 6. The van der Waals surface area contributed by atoms with Crippen molar-refractivity contribution in [1.29, 1.82) is 0 Å². The summed E-state index contributed by atoms with van der Waals surface area (Å²) in [6, 6.07) is 8.89. The summed E-state index contributed by atoms with van der Waals surface area (Å²) >= 11 is 0. The first-order chi connectivity index (χ1) is 13.9. The van der Waals surface area contributed by atoms with Crippen molar-refractivity contribution in [3.63, 3.8) is 0 Å². The van der Waals surface area contributed by atoms with Gasteiger partial charge in [-0.25, -0.2) is 0 Å². The highest BCUT2D eigenvalue weighted by Gasteiger charge is 2.51. The third-order valence-corrected chi connectivity index (χ3v) is 5.58. The van der Waals surface area contributed by atoms with Crippen LogP contribution in [0, 0.1) is 5.92 Å². The van der Waals surface area contributed by atoms with Crippen LogP contribution in [0.5, 0.6) is 0 Å². The maximum absolute atomic E-state index is 13.0. The number of nitrogens with one attached hydrogen (secondary N) is 1. The SMILES string of the molecule is COC(=O)[C@H]1C[C@H]2CN(C(=O)CCCNC(C)=O)CC(=O)N2[C@H]1c1ccccc1. The van der Waals surface area contributed by atoms with E-state index in [2.05, 4.69) is 5.32 Å². The predicted molar refractivity (Wildman–Crippen MR) is 104 cm³/mol. The van der Waals surface area contributed by atoms with E-state index in [-0.39, 0.29) is 48.7 Å². The van der Waals surface area contributed by atoms with Crippen molar-refractivity contribution in [3.8, 4) is 0 Å². The zero-order chi connectivity index (χ0) is 21.0.